The number of nitrogens with one attached hydrogen (secondary N) is 2. The largest absolute Gasteiger partial charge is 0.493 e. The molecule has 0 aliphatic heterocycles. The SMILES string of the molecule is COc1ccc(NC(=S)N[C@@H]2C[C@@H]3CC[C@@H]2C3)cc1OC. The van der Waals surface area contributed by atoms with E-state index in [0.717, 1.165) is 23.3 Å². The number of benzene rings is 1. The molecule has 0 spiro atoms. The lowest BCUT2D eigenvalue weighted by molar-refractivity contribution is 0.355. The Labute approximate surface area is 131 Å². The van der Waals surface area contributed by atoms with Gasteiger partial charge in [-0.05, 0) is 55.4 Å². The highest BCUT2D eigenvalue weighted by molar-refractivity contribution is 7.80. The molecule has 3 atom stereocenters. The molecule has 2 N–H and O–H groups in total. The summed E-state index contributed by atoms with van der Waals surface area (Å²) in [7, 11) is 3.26. The first-order chi connectivity index (χ1) is 10.2. The third-order valence-corrected chi connectivity index (χ3v) is 4.92. The second kappa shape index (κ2) is 6.10. The van der Waals surface area contributed by atoms with Crippen LogP contribution in [0.2, 0.25) is 0 Å². The minimum Gasteiger partial charge on any atom is -0.493 e. The van der Waals surface area contributed by atoms with Crippen LogP contribution in [0.1, 0.15) is 25.7 Å². The van der Waals surface area contributed by atoms with Crippen molar-refractivity contribution in [1.82, 2.24) is 5.32 Å². The molecular weight excluding hydrogens is 284 g/mol. The molecule has 0 heterocycles. The minimum atomic E-state index is 0.545. The van der Waals surface area contributed by atoms with Gasteiger partial charge in [-0.3, -0.25) is 0 Å². The van der Waals surface area contributed by atoms with Crippen molar-refractivity contribution in [3.05, 3.63) is 18.2 Å². The second-order valence-corrected chi connectivity index (χ2v) is 6.36. The Bertz CT molecular complexity index is 535. The van der Waals surface area contributed by atoms with Gasteiger partial charge in [-0.25, -0.2) is 0 Å². The molecule has 0 radical (unpaired) electrons. The Hall–Kier alpha value is -1.49. The van der Waals surface area contributed by atoms with Gasteiger partial charge >= 0.3 is 0 Å². The number of fused-ring (bicyclic) bond motifs is 2. The maximum Gasteiger partial charge on any atom is 0.171 e. The van der Waals surface area contributed by atoms with Crippen molar-refractivity contribution in [3.8, 4) is 11.5 Å². The Morgan fingerprint density at radius 3 is 2.57 bits per heavy atom. The lowest BCUT2D eigenvalue weighted by Gasteiger charge is -2.24. The summed E-state index contributed by atoms with van der Waals surface area (Å²) in [6, 6.07) is 6.26. The minimum absolute atomic E-state index is 0.545. The summed E-state index contributed by atoms with van der Waals surface area (Å²) in [5.74, 6) is 3.14. The molecule has 0 aromatic heterocycles. The summed E-state index contributed by atoms with van der Waals surface area (Å²) < 4.78 is 10.5. The zero-order valence-electron chi connectivity index (χ0n) is 12.5. The summed E-state index contributed by atoms with van der Waals surface area (Å²) >= 11 is 5.43. The fraction of sp³-hybridized carbons (Fsp3) is 0.562. The first-order valence-corrected chi connectivity index (χ1v) is 7.90. The molecule has 2 fully saturated rings. The van der Waals surface area contributed by atoms with Gasteiger partial charge in [-0.2, -0.15) is 0 Å². The first kappa shape index (κ1) is 14.4. The monoisotopic (exact) mass is 306 g/mol. The van der Waals surface area contributed by atoms with Crippen LogP contribution in [0.15, 0.2) is 18.2 Å². The van der Waals surface area contributed by atoms with Crippen LogP contribution < -0.4 is 20.1 Å². The number of methoxy groups -OCH3 is 2. The Balaban J connectivity index is 1.59. The van der Waals surface area contributed by atoms with Gasteiger partial charge in [0, 0.05) is 17.8 Å². The highest BCUT2D eigenvalue weighted by Gasteiger charge is 2.39. The van der Waals surface area contributed by atoms with Crippen molar-refractivity contribution in [2.45, 2.75) is 31.7 Å². The number of rotatable bonds is 4. The second-order valence-electron chi connectivity index (χ2n) is 5.95. The predicted molar refractivity (Wildman–Crippen MR) is 88.1 cm³/mol. The Morgan fingerprint density at radius 2 is 1.95 bits per heavy atom. The van der Waals surface area contributed by atoms with E-state index in [1.54, 1.807) is 14.2 Å². The van der Waals surface area contributed by atoms with Crippen molar-refractivity contribution in [2.24, 2.45) is 11.8 Å². The molecule has 114 valence electrons. The van der Waals surface area contributed by atoms with Crippen LogP contribution >= 0.6 is 12.2 Å². The van der Waals surface area contributed by atoms with Crippen LogP contribution in [0.4, 0.5) is 5.69 Å². The van der Waals surface area contributed by atoms with Gasteiger partial charge in [0.1, 0.15) is 0 Å². The van der Waals surface area contributed by atoms with Crippen molar-refractivity contribution in [1.29, 1.82) is 0 Å². The van der Waals surface area contributed by atoms with Crippen LogP contribution in [0.5, 0.6) is 11.5 Å². The third-order valence-electron chi connectivity index (χ3n) is 4.70. The molecule has 2 saturated carbocycles. The van der Waals surface area contributed by atoms with Crippen LogP contribution in [-0.4, -0.2) is 25.4 Å². The smallest absolute Gasteiger partial charge is 0.171 e. The van der Waals surface area contributed by atoms with E-state index >= 15 is 0 Å². The maximum absolute atomic E-state index is 5.43. The van der Waals surface area contributed by atoms with E-state index in [2.05, 4.69) is 10.6 Å². The molecule has 5 heteroatoms. The van der Waals surface area contributed by atoms with E-state index < -0.39 is 0 Å². The lowest BCUT2D eigenvalue weighted by atomic mass is 9.96. The zero-order valence-corrected chi connectivity index (χ0v) is 13.3. The molecule has 1 aromatic carbocycles. The van der Waals surface area contributed by atoms with Gasteiger partial charge in [0.2, 0.25) is 0 Å². The number of anilines is 1. The van der Waals surface area contributed by atoms with Gasteiger partial charge in [-0.1, -0.05) is 6.42 Å². The number of hydrogen-bond donors (Lipinski definition) is 2. The average molecular weight is 306 g/mol. The maximum atomic E-state index is 5.43. The topological polar surface area (TPSA) is 42.5 Å². The van der Waals surface area contributed by atoms with E-state index in [-0.39, 0.29) is 0 Å². The van der Waals surface area contributed by atoms with Gasteiger partial charge in [0.15, 0.2) is 16.6 Å². The highest BCUT2D eigenvalue weighted by atomic mass is 32.1. The zero-order chi connectivity index (χ0) is 14.8. The normalized spacial score (nSPS) is 26.5. The van der Waals surface area contributed by atoms with Gasteiger partial charge in [0.05, 0.1) is 14.2 Å². The van der Waals surface area contributed by atoms with Gasteiger partial charge < -0.3 is 20.1 Å². The molecule has 3 rings (SSSR count). The molecule has 2 aliphatic carbocycles. The molecule has 2 bridgehead atoms. The van der Waals surface area contributed by atoms with E-state index in [9.17, 15) is 0 Å². The van der Waals surface area contributed by atoms with Crippen LogP contribution in [0, 0.1) is 11.8 Å². The van der Waals surface area contributed by atoms with E-state index in [0.29, 0.717) is 16.9 Å². The molecule has 2 aliphatic rings. The third kappa shape index (κ3) is 3.07. The van der Waals surface area contributed by atoms with Crippen LogP contribution in [-0.2, 0) is 0 Å². The number of ether oxygens (including phenoxy) is 2. The fourth-order valence-corrected chi connectivity index (χ4v) is 3.94. The van der Waals surface area contributed by atoms with Crippen molar-refractivity contribution in [3.63, 3.8) is 0 Å². The van der Waals surface area contributed by atoms with E-state index in [1.807, 2.05) is 18.2 Å². The summed E-state index contributed by atoms with van der Waals surface area (Å²) in [5.41, 5.74) is 0.910. The first-order valence-electron chi connectivity index (χ1n) is 7.49. The molecule has 1 aromatic rings. The Morgan fingerprint density at radius 1 is 1.14 bits per heavy atom. The summed E-state index contributed by atoms with van der Waals surface area (Å²) in [5, 5.41) is 7.41. The summed E-state index contributed by atoms with van der Waals surface area (Å²) in [6.07, 6.45) is 5.38. The molecule has 0 saturated heterocycles. The quantitative estimate of drug-likeness (QED) is 0.836. The Kier molecular flexibility index (Phi) is 4.19. The molecule has 4 nitrogen and oxygen atoms in total. The molecule has 0 amide bonds. The fourth-order valence-electron chi connectivity index (χ4n) is 3.67. The standard InChI is InChI=1S/C16H22N2O2S/c1-19-14-6-5-12(9-15(14)20-2)17-16(21)18-13-8-10-3-4-11(13)7-10/h5-6,9-11,13H,3-4,7-8H2,1-2H3,(H2,17,18,21)/t10-,11-,13-/m1/s1. The predicted octanol–water partition coefficient (Wildman–Crippen LogP) is 3.18. The molecule has 21 heavy (non-hydrogen) atoms. The summed E-state index contributed by atoms with van der Waals surface area (Å²) in [6.45, 7) is 0. The van der Waals surface area contributed by atoms with E-state index in [1.165, 1.54) is 25.7 Å². The van der Waals surface area contributed by atoms with Crippen molar-refractivity contribution in [2.75, 3.05) is 19.5 Å². The molecule has 0 unspecified atom stereocenters. The lowest BCUT2D eigenvalue weighted by Crippen LogP contribution is -2.40. The van der Waals surface area contributed by atoms with Gasteiger partial charge in [0.25, 0.3) is 0 Å². The highest BCUT2D eigenvalue weighted by Crippen LogP contribution is 2.44. The van der Waals surface area contributed by atoms with Crippen LogP contribution in [0.25, 0.3) is 0 Å². The summed E-state index contributed by atoms with van der Waals surface area (Å²) in [4.78, 5) is 0. The van der Waals surface area contributed by atoms with Crippen molar-refractivity contribution >= 4 is 23.0 Å². The van der Waals surface area contributed by atoms with Gasteiger partial charge in [-0.15, -0.1) is 0 Å². The molecular formula is C16H22N2O2S. The number of hydrogen-bond acceptors (Lipinski definition) is 3. The van der Waals surface area contributed by atoms with Crippen LogP contribution in [0.3, 0.4) is 0 Å². The van der Waals surface area contributed by atoms with Crippen molar-refractivity contribution < 1.29 is 9.47 Å². The number of thiocarbonyl (C=S) groups is 1. The average Bonchev–Trinajstić information content (AvgIpc) is 3.09. The van der Waals surface area contributed by atoms with E-state index in [4.69, 9.17) is 21.7 Å².